The number of likely N-dealkylation sites (tertiary alicyclic amines) is 1. The molecule has 104 valence electrons. The fourth-order valence-electron chi connectivity index (χ4n) is 3.48. The normalized spacial score (nSPS) is 31.6. The summed E-state index contributed by atoms with van der Waals surface area (Å²) in [6.45, 7) is 4.11. The quantitative estimate of drug-likeness (QED) is 0.789. The second-order valence-corrected chi connectivity index (χ2v) is 5.94. The lowest BCUT2D eigenvalue weighted by Crippen LogP contribution is -2.44. The first-order valence-electron chi connectivity index (χ1n) is 7.30. The van der Waals surface area contributed by atoms with Crippen molar-refractivity contribution in [1.82, 2.24) is 4.90 Å². The van der Waals surface area contributed by atoms with Crippen LogP contribution in [-0.2, 0) is 4.79 Å². The van der Waals surface area contributed by atoms with Crippen molar-refractivity contribution in [2.24, 2.45) is 23.5 Å². The Morgan fingerprint density at radius 2 is 2.00 bits per heavy atom. The van der Waals surface area contributed by atoms with Crippen molar-refractivity contribution in [3.05, 3.63) is 0 Å². The Morgan fingerprint density at radius 3 is 2.56 bits per heavy atom. The van der Waals surface area contributed by atoms with Gasteiger partial charge < -0.3 is 15.7 Å². The van der Waals surface area contributed by atoms with E-state index in [0.29, 0.717) is 24.3 Å². The summed E-state index contributed by atoms with van der Waals surface area (Å²) < 4.78 is 0. The van der Waals surface area contributed by atoms with E-state index >= 15 is 0 Å². The number of aliphatic hydroxyl groups excluding tert-OH is 1. The van der Waals surface area contributed by atoms with Crippen molar-refractivity contribution < 1.29 is 9.90 Å². The summed E-state index contributed by atoms with van der Waals surface area (Å²) in [5.74, 6) is 1.24. The van der Waals surface area contributed by atoms with Crippen LogP contribution in [0.5, 0.6) is 0 Å². The molecule has 1 amide bonds. The molecular formula is C14H26N2O2. The smallest absolute Gasteiger partial charge is 0.226 e. The van der Waals surface area contributed by atoms with Crippen LogP contribution in [0.1, 0.15) is 39.0 Å². The summed E-state index contributed by atoms with van der Waals surface area (Å²) >= 11 is 0. The third-order valence-corrected chi connectivity index (χ3v) is 4.81. The zero-order valence-electron chi connectivity index (χ0n) is 11.3. The van der Waals surface area contributed by atoms with Crippen LogP contribution < -0.4 is 5.73 Å². The van der Waals surface area contributed by atoms with Gasteiger partial charge in [-0.05, 0) is 51.0 Å². The summed E-state index contributed by atoms with van der Waals surface area (Å²) in [7, 11) is 0. The van der Waals surface area contributed by atoms with E-state index in [-0.39, 0.29) is 12.0 Å². The number of hydrogen-bond acceptors (Lipinski definition) is 3. The lowest BCUT2D eigenvalue weighted by molar-refractivity contribution is -0.138. The van der Waals surface area contributed by atoms with Gasteiger partial charge >= 0.3 is 0 Å². The number of hydrogen-bond donors (Lipinski definition) is 2. The number of aliphatic hydroxyl groups is 1. The average Bonchev–Trinajstić information content (AvgIpc) is 2.86. The highest BCUT2D eigenvalue weighted by atomic mass is 16.3. The SMILES string of the molecule is CC(O)C1CCN(C(=O)C2CCCC2CN)CC1. The standard InChI is InChI=1S/C14H26N2O2/c1-10(17)11-5-7-16(8-6-11)14(18)13-4-2-3-12(13)9-15/h10-13,17H,2-9,15H2,1H3. The molecule has 1 aliphatic carbocycles. The highest BCUT2D eigenvalue weighted by Gasteiger charge is 2.36. The Hall–Kier alpha value is -0.610. The van der Waals surface area contributed by atoms with Crippen LogP contribution in [0.2, 0.25) is 0 Å². The lowest BCUT2D eigenvalue weighted by atomic mass is 9.89. The first-order chi connectivity index (χ1) is 8.63. The molecule has 0 radical (unpaired) electrons. The molecule has 2 fully saturated rings. The molecule has 0 spiro atoms. The fourth-order valence-corrected chi connectivity index (χ4v) is 3.48. The molecule has 3 unspecified atom stereocenters. The summed E-state index contributed by atoms with van der Waals surface area (Å²) in [6.07, 6.45) is 4.88. The van der Waals surface area contributed by atoms with E-state index in [9.17, 15) is 9.90 Å². The summed E-state index contributed by atoms with van der Waals surface area (Å²) in [5, 5.41) is 9.57. The van der Waals surface area contributed by atoms with Gasteiger partial charge in [0.2, 0.25) is 5.91 Å². The van der Waals surface area contributed by atoms with Crippen LogP contribution >= 0.6 is 0 Å². The minimum Gasteiger partial charge on any atom is -0.393 e. The molecule has 2 rings (SSSR count). The van der Waals surface area contributed by atoms with Gasteiger partial charge in [-0.2, -0.15) is 0 Å². The van der Waals surface area contributed by atoms with Crippen LogP contribution in [0.15, 0.2) is 0 Å². The van der Waals surface area contributed by atoms with Gasteiger partial charge in [0.25, 0.3) is 0 Å². The van der Waals surface area contributed by atoms with Gasteiger partial charge in [0.1, 0.15) is 0 Å². The number of carbonyl (C=O) groups excluding carboxylic acids is 1. The summed E-state index contributed by atoms with van der Waals surface area (Å²) in [6, 6.07) is 0. The molecule has 0 bridgehead atoms. The lowest BCUT2D eigenvalue weighted by Gasteiger charge is -2.35. The minimum atomic E-state index is -0.245. The van der Waals surface area contributed by atoms with Gasteiger partial charge in [-0.25, -0.2) is 0 Å². The first-order valence-corrected chi connectivity index (χ1v) is 7.30. The molecular weight excluding hydrogens is 228 g/mol. The van der Waals surface area contributed by atoms with Gasteiger partial charge in [-0.3, -0.25) is 4.79 Å². The Morgan fingerprint density at radius 1 is 1.33 bits per heavy atom. The van der Waals surface area contributed by atoms with E-state index in [2.05, 4.69) is 0 Å². The number of carbonyl (C=O) groups is 1. The van der Waals surface area contributed by atoms with E-state index in [1.54, 1.807) is 0 Å². The molecule has 2 aliphatic rings. The van der Waals surface area contributed by atoms with E-state index in [1.165, 1.54) is 0 Å². The monoisotopic (exact) mass is 254 g/mol. The first kappa shape index (κ1) is 13.8. The number of nitrogens with zero attached hydrogens (tertiary/aromatic N) is 1. The molecule has 0 aromatic rings. The Bertz CT molecular complexity index is 286. The van der Waals surface area contributed by atoms with E-state index in [1.807, 2.05) is 11.8 Å². The molecule has 4 heteroatoms. The maximum atomic E-state index is 12.5. The van der Waals surface area contributed by atoms with Crippen molar-refractivity contribution in [3.63, 3.8) is 0 Å². The summed E-state index contributed by atoms with van der Waals surface area (Å²) in [5.41, 5.74) is 5.75. The molecule has 1 saturated carbocycles. The molecule has 3 atom stereocenters. The van der Waals surface area contributed by atoms with Gasteiger partial charge in [0.15, 0.2) is 0 Å². The topological polar surface area (TPSA) is 66.6 Å². The van der Waals surface area contributed by atoms with E-state index in [0.717, 1.165) is 45.2 Å². The Labute approximate surface area is 110 Å². The van der Waals surface area contributed by atoms with Gasteiger partial charge in [-0.15, -0.1) is 0 Å². The molecule has 3 N–H and O–H groups in total. The van der Waals surface area contributed by atoms with Gasteiger partial charge in [-0.1, -0.05) is 6.42 Å². The highest BCUT2D eigenvalue weighted by molar-refractivity contribution is 5.79. The Balaban J connectivity index is 1.87. The van der Waals surface area contributed by atoms with Crippen molar-refractivity contribution >= 4 is 5.91 Å². The molecule has 1 saturated heterocycles. The highest BCUT2D eigenvalue weighted by Crippen LogP contribution is 2.33. The summed E-state index contributed by atoms with van der Waals surface area (Å²) in [4.78, 5) is 14.5. The van der Waals surface area contributed by atoms with Crippen LogP contribution in [0.3, 0.4) is 0 Å². The van der Waals surface area contributed by atoms with Crippen LogP contribution in [0, 0.1) is 17.8 Å². The van der Waals surface area contributed by atoms with E-state index in [4.69, 9.17) is 5.73 Å². The van der Waals surface area contributed by atoms with Crippen molar-refractivity contribution in [2.75, 3.05) is 19.6 Å². The predicted octanol–water partition coefficient (Wildman–Crippen LogP) is 0.981. The van der Waals surface area contributed by atoms with Crippen molar-refractivity contribution in [3.8, 4) is 0 Å². The predicted molar refractivity (Wildman–Crippen MR) is 70.9 cm³/mol. The molecule has 0 aromatic heterocycles. The second-order valence-electron chi connectivity index (χ2n) is 5.94. The van der Waals surface area contributed by atoms with Crippen LogP contribution in [-0.4, -0.2) is 41.7 Å². The maximum absolute atomic E-state index is 12.5. The number of piperidine rings is 1. The third kappa shape index (κ3) is 2.86. The van der Waals surface area contributed by atoms with Crippen molar-refractivity contribution in [1.29, 1.82) is 0 Å². The Kier molecular flexibility index (Phi) is 4.62. The fraction of sp³-hybridized carbons (Fsp3) is 0.929. The zero-order chi connectivity index (χ0) is 13.1. The van der Waals surface area contributed by atoms with Gasteiger partial charge in [0, 0.05) is 19.0 Å². The molecule has 18 heavy (non-hydrogen) atoms. The molecule has 1 aliphatic heterocycles. The average molecular weight is 254 g/mol. The van der Waals surface area contributed by atoms with Crippen LogP contribution in [0.4, 0.5) is 0 Å². The minimum absolute atomic E-state index is 0.165. The van der Waals surface area contributed by atoms with Gasteiger partial charge in [0.05, 0.1) is 6.10 Å². The number of amides is 1. The van der Waals surface area contributed by atoms with Crippen molar-refractivity contribution in [2.45, 2.75) is 45.1 Å². The number of nitrogens with two attached hydrogens (primary N) is 1. The molecule has 0 aromatic carbocycles. The largest absolute Gasteiger partial charge is 0.393 e. The molecule has 1 heterocycles. The number of rotatable bonds is 3. The van der Waals surface area contributed by atoms with E-state index < -0.39 is 0 Å². The zero-order valence-corrected chi connectivity index (χ0v) is 11.3. The maximum Gasteiger partial charge on any atom is 0.226 e. The molecule has 4 nitrogen and oxygen atoms in total. The third-order valence-electron chi connectivity index (χ3n) is 4.81. The van der Waals surface area contributed by atoms with Crippen LogP contribution in [0.25, 0.3) is 0 Å². The second kappa shape index (κ2) is 6.02.